The number of aryl methyl sites for hydroxylation is 1. The lowest BCUT2D eigenvalue weighted by molar-refractivity contribution is -0.122. The number of nitrogen functional groups attached to an aromatic ring is 1. The number of hydrogen-bond donors (Lipinski definition) is 2. The maximum absolute atomic E-state index is 12.0. The van der Waals surface area contributed by atoms with Gasteiger partial charge in [0.05, 0.1) is 17.1 Å². The second-order valence-corrected chi connectivity index (χ2v) is 5.46. The number of nitrogens with one attached hydrogen (secondary N) is 1. The Bertz CT molecular complexity index is 439. The zero-order valence-electron chi connectivity index (χ0n) is 13.2. The summed E-state index contributed by atoms with van der Waals surface area (Å²) in [5.41, 5.74) is 8.17. The van der Waals surface area contributed by atoms with Crippen LogP contribution < -0.4 is 11.1 Å². The number of hydrogen-bond acceptors (Lipinski definition) is 3. The molecule has 1 aromatic rings. The second kappa shape index (κ2) is 7.92. The van der Waals surface area contributed by atoms with E-state index in [0.717, 1.165) is 24.4 Å². The van der Waals surface area contributed by atoms with Gasteiger partial charge in [0.25, 0.3) is 0 Å². The Morgan fingerprint density at radius 1 is 1.40 bits per heavy atom. The van der Waals surface area contributed by atoms with Gasteiger partial charge in [-0.15, -0.1) is 0 Å². The van der Waals surface area contributed by atoms with Crippen LogP contribution in [-0.4, -0.2) is 22.2 Å². The number of rotatable bonds is 8. The topological polar surface area (TPSA) is 72.9 Å². The fourth-order valence-corrected chi connectivity index (χ4v) is 2.26. The molecule has 0 radical (unpaired) electrons. The second-order valence-electron chi connectivity index (χ2n) is 5.46. The minimum absolute atomic E-state index is 0.00514. The van der Waals surface area contributed by atoms with Gasteiger partial charge >= 0.3 is 0 Å². The quantitative estimate of drug-likeness (QED) is 0.768. The predicted molar refractivity (Wildman–Crippen MR) is 82.4 cm³/mol. The maximum Gasteiger partial charge on any atom is 0.241 e. The number of nitrogens with two attached hydrogens (primary N) is 1. The first-order chi connectivity index (χ1) is 9.49. The summed E-state index contributed by atoms with van der Waals surface area (Å²) in [5.74, 6) is 0.579. The van der Waals surface area contributed by atoms with Gasteiger partial charge in [-0.05, 0) is 26.2 Å². The number of carbonyl (C=O) groups is 1. The maximum atomic E-state index is 12.0. The molecule has 1 atom stereocenters. The third-order valence-electron chi connectivity index (χ3n) is 3.86. The molecular formula is C15H28N4O. The summed E-state index contributed by atoms with van der Waals surface area (Å²) in [7, 11) is 0. The third kappa shape index (κ3) is 4.54. The molecule has 1 unspecified atom stereocenters. The van der Waals surface area contributed by atoms with E-state index in [0.29, 0.717) is 11.6 Å². The van der Waals surface area contributed by atoms with Crippen LogP contribution in [0.2, 0.25) is 0 Å². The van der Waals surface area contributed by atoms with Crippen LogP contribution in [0.4, 0.5) is 5.69 Å². The summed E-state index contributed by atoms with van der Waals surface area (Å²) in [6.45, 7) is 9.11. The van der Waals surface area contributed by atoms with Crippen LogP contribution in [0.3, 0.4) is 0 Å². The van der Waals surface area contributed by atoms with E-state index < -0.39 is 0 Å². The van der Waals surface area contributed by atoms with Gasteiger partial charge in [-0.2, -0.15) is 5.10 Å². The molecule has 20 heavy (non-hydrogen) atoms. The van der Waals surface area contributed by atoms with Gasteiger partial charge in [0.2, 0.25) is 5.91 Å². The number of carbonyl (C=O) groups excluding carboxylic acids is 1. The molecule has 1 aromatic heterocycles. The summed E-state index contributed by atoms with van der Waals surface area (Å²) >= 11 is 0. The molecule has 0 aliphatic rings. The fourth-order valence-electron chi connectivity index (χ4n) is 2.26. The van der Waals surface area contributed by atoms with Gasteiger partial charge in [-0.25, -0.2) is 0 Å². The van der Waals surface area contributed by atoms with Gasteiger partial charge in [0.15, 0.2) is 0 Å². The van der Waals surface area contributed by atoms with Crippen molar-refractivity contribution >= 4 is 11.6 Å². The highest BCUT2D eigenvalue weighted by molar-refractivity contribution is 5.75. The zero-order chi connectivity index (χ0) is 15.1. The van der Waals surface area contributed by atoms with E-state index >= 15 is 0 Å². The van der Waals surface area contributed by atoms with E-state index in [2.05, 4.69) is 24.3 Å². The molecule has 0 aromatic carbocycles. The van der Waals surface area contributed by atoms with Crippen molar-refractivity contribution in [3.05, 3.63) is 11.4 Å². The van der Waals surface area contributed by atoms with Crippen LogP contribution >= 0.6 is 0 Å². The first-order valence-corrected chi connectivity index (χ1v) is 7.55. The first-order valence-electron chi connectivity index (χ1n) is 7.55. The predicted octanol–water partition coefficient (Wildman–Crippen LogP) is 2.41. The standard InChI is InChI=1S/C15H28N4O/c1-5-7-8-13(6-2)9-17-14(20)10-19-12(4)15(16)11(3)18-19/h13H,5-10,16H2,1-4H3,(H,17,20). The van der Waals surface area contributed by atoms with Crippen molar-refractivity contribution < 1.29 is 4.79 Å². The van der Waals surface area contributed by atoms with E-state index in [1.165, 1.54) is 19.3 Å². The van der Waals surface area contributed by atoms with E-state index in [-0.39, 0.29) is 12.5 Å². The molecule has 0 spiro atoms. The van der Waals surface area contributed by atoms with Gasteiger partial charge in [-0.3, -0.25) is 9.48 Å². The minimum atomic E-state index is 0.00514. The number of aromatic nitrogens is 2. The van der Waals surface area contributed by atoms with Crippen molar-refractivity contribution in [1.29, 1.82) is 0 Å². The summed E-state index contributed by atoms with van der Waals surface area (Å²) in [4.78, 5) is 12.0. The Labute approximate surface area is 121 Å². The number of nitrogens with zero attached hydrogens (tertiary/aromatic N) is 2. The van der Waals surface area contributed by atoms with E-state index in [4.69, 9.17) is 5.73 Å². The molecular weight excluding hydrogens is 252 g/mol. The Kier molecular flexibility index (Phi) is 6.55. The monoisotopic (exact) mass is 280 g/mol. The summed E-state index contributed by atoms with van der Waals surface area (Å²) in [5, 5.41) is 7.28. The van der Waals surface area contributed by atoms with Crippen LogP contribution in [0, 0.1) is 19.8 Å². The molecule has 0 saturated heterocycles. The normalized spacial score (nSPS) is 12.4. The average Bonchev–Trinajstić information content (AvgIpc) is 2.66. The Hall–Kier alpha value is -1.52. The van der Waals surface area contributed by atoms with Crippen LogP contribution in [0.1, 0.15) is 50.9 Å². The molecule has 5 heteroatoms. The number of amides is 1. The zero-order valence-corrected chi connectivity index (χ0v) is 13.2. The van der Waals surface area contributed by atoms with E-state index in [1.54, 1.807) is 4.68 Å². The van der Waals surface area contributed by atoms with Gasteiger partial charge < -0.3 is 11.1 Å². The summed E-state index contributed by atoms with van der Waals surface area (Å²) in [6.07, 6.45) is 4.71. The first kappa shape index (κ1) is 16.5. The molecule has 1 rings (SSSR count). The number of anilines is 1. The molecule has 1 amide bonds. The summed E-state index contributed by atoms with van der Waals surface area (Å²) < 4.78 is 1.67. The highest BCUT2D eigenvalue weighted by atomic mass is 16.2. The van der Waals surface area contributed by atoms with Crippen molar-refractivity contribution in [2.75, 3.05) is 12.3 Å². The van der Waals surface area contributed by atoms with Gasteiger partial charge in [0.1, 0.15) is 6.54 Å². The van der Waals surface area contributed by atoms with E-state index in [9.17, 15) is 4.79 Å². The Morgan fingerprint density at radius 2 is 2.10 bits per heavy atom. The number of unbranched alkanes of at least 4 members (excludes halogenated alkanes) is 1. The molecule has 0 fully saturated rings. The molecule has 1 heterocycles. The molecule has 0 bridgehead atoms. The molecule has 3 N–H and O–H groups in total. The van der Waals surface area contributed by atoms with Crippen LogP contribution in [0.15, 0.2) is 0 Å². The van der Waals surface area contributed by atoms with Crippen molar-refractivity contribution in [3.63, 3.8) is 0 Å². The lowest BCUT2D eigenvalue weighted by atomic mass is 9.99. The molecule has 5 nitrogen and oxygen atoms in total. The molecule has 0 aliphatic heterocycles. The molecule has 0 saturated carbocycles. The highest BCUT2D eigenvalue weighted by Gasteiger charge is 2.12. The lowest BCUT2D eigenvalue weighted by Gasteiger charge is -2.15. The van der Waals surface area contributed by atoms with Crippen molar-refractivity contribution in [3.8, 4) is 0 Å². The van der Waals surface area contributed by atoms with E-state index in [1.807, 2.05) is 13.8 Å². The molecule has 114 valence electrons. The Morgan fingerprint density at radius 3 is 2.60 bits per heavy atom. The largest absolute Gasteiger partial charge is 0.396 e. The molecule has 0 aliphatic carbocycles. The van der Waals surface area contributed by atoms with Gasteiger partial charge in [-0.1, -0.05) is 33.1 Å². The third-order valence-corrected chi connectivity index (χ3v) is 3.86. The Balaban J connectivity index is 2.45. The SMILES string of the molecule is CCCCC(CC)CNC(=O)Cn1nc(C)c(N)c1C. The van der Waals surface area contributed by atoms with Crippen LogP contribution in [0.5, 0.6) is 0 Å². The lowest BCUT2D eigenvalue weighted by Crippen LogP contribution is -2.32. The van der Waals surface area contributed by atoms with Crippen molar-refractivity contribution in [2.45, 2.75) is 59.9 Å². The highest BCUT2D eigenvalue weighted by Crippen LogP contribution is 2.14. The summed E-state index contributed by atoms with van der Waals surface area (Å²) in [6, 6.07) is 0. The average molecular weight is 280 g/mol. The van der Waals surface area contributed by atoms with Crippen molar-refractivity contribution in [2.24, 2.45) is 5.92 Å². The van der Waals surface area contributed by atoms with Crippen LogP contribution in [0.25, 0.3) is 0 Å². The van der Waals surface area contributed by atoms with Crippen molar-refractivity contribution in [1.82, 2.24) is 15.1 Å². The smallest absolute Gasteiger partial charge is 0.241 e. The van der Waals surface area contributed by atoms with Gasteiger partial charge in [0, 0.05) is 6.54 Å². The van der Waals surface area contributed by atoms with Crippen LogP contribution in [-0.2, 0) is 11.3 Å². The fraction of sp³-hybridized carbons (Fsp3) is 0.733. The minimum Gasteiger partial charge on any atom is -0.396 e.